The molecular weight excluding hydrogens is 391 g/mol. The molecule has 0 radical (unpaired) electrons. The number of halogens is 1. The zero-order chi connectivity index (χ0) is 21.5. The molecule has 5 nitrogen and oxygen atoms in total. The summed E-state index contributed by atoms with van der Waals surface area (Å²) in [6.07, 6.45) is 1.30. The first kappa shape index (κ1) is 20.8. The fraction of sp³-hybridized carbons (Fsp3) is 0.200. The monoisotopic (exact) mass is 416 g/mol. The third-order valence-electron chi connectivity index (χ3n) is 5.39. The fourth-order valence-corrected chi connectivity index (χ4v) is 3.63. The SMILES string of the molecule is O=C(N/N=C/c1ccccc1F)c1ccc(CN2CCN(c3ccccc3)CC2)cc1. The van der Waals surface area contributed by atoms with Crippen molar-refractivity contribution in [2.45, 2.75) is 6.54 Å². The number of carbonyl (C=O) groups excluding carboxylic acids is 1. The number of carbonyl (C=O) groups is 1. The molecule has 31 heavy (non-hydrogen) atoms. The van der Waals surface area contributed by atoms with Crippen molar-refractivity contribution in [1.82, 2.24) is 10.3 Å². The number of piperazine rings is 1. The molecule has 6 heteroatoms. The van der Waals surface area contributed by atoms with Crippen molar-refractivity contribution >= 4 is 17.8 Å². The highest BCUT2D eigenvalue weighted by molar-refractivity contribution is 5.94. The summed E-state index contributed by atoms with van der Waals surface area (Å²) in [6.45, 7) is 4.87. The Labute approximate surface area is 181 Å². The van der Waals surface area contributed by atoms with Crippen LogP contribution in [0.5, 0.6) is 0 Å². The average molecular weight is 417 g/mol. The second-order valence-corrected chi connectivity index (χ2v) is 7.52. The van der Waals surface area contributed by atoms with Crippen molar-refractivity contribution < 1.29 is 9.18 Å². The first-order valence-corrected chi connectivity index (χ1v) is 10.4. The molecule has 0 aromatic heterocycles. The van der Waals surface area contributed by atoms with Gasteiger partial charge in [0.2, 0.25) is 0 Å². The van der Waals surface area contributed by atoms with Crippen LogP contribution in [-0.2, 0) is 6.54 Å². The van der Waals surface area contributed by atoms with Crippen LogP contribution < -0.4 is 10.3 Å². The van der Waals surface area contributed by atoms with Crippen LogP contribution in [0, 0.1) is 5.82 Å². The maximum Gasteiger partial charge on any atom is 0.271 e. The van der Waals surface area contributed by atoms with Gasteiger partial charge in [0, 0.05) is 49.5 Å². The smallest absolute Gasteiger partial charge is 0.271 e. The largest absolute Gasteiger partial charge is 0.369 e. The van der Waals surface area contributed by atoms with Crippen molar-refractivity contribution in [2.75, 3.05) is 31.1 Å². The highest BCUT2D eigenvalue weighted by Crippen LogP contribution is 2.17. The first-order chi connectivity index (χ1) is 15.2. The van der Waals surface area contributed by atoms with Crippen LogP contribution in [-0.4, -0.2) is 43.2 Å². The van der Waals surface area contributed by atoms with E-state index in [0.29, 0.717) is 11.1 Å². The molecule has 0 saturated carbocycles. The van der Waals surface area contributed by atoms with E-state index in [9.17, 15) is 9.18 Å². The standard InChI is InChI=1S/C25H25FN4O/c26-24-9-5-4-6-22(24)18-27-28-25(31)21-12-10-20(11-13-21)19-29-14-16-30(17-15-29)23-7-2-1-3-8-23/h1-13,18H,14-17,19H2,(H,28,31)/b27-18+. The van der Waals surface area contributed by atoms with Gasteiger partial charge in [-0.05, 0) is 35.9 Å². The van der Waals surface area contributed by atoms with E-state index >= 15 is 0 Å². The molecule has 0 unspecified atom stereocenters. The van der Waals surface area contributed by atoms with Gasteiger partial charge in [0.15, 0.2) is 0 Å². The van der Waals surface area contributed by atoms with Gasteiger partial charge < -0.3 is 4.90 Å². The Morgan fingerprint density at radius 2 is 1.58 bits per heavy atom. The third kappa shape index (κ3) is 5.55. The number of hydrazone groups is 1. The van der Waals surface area contributed by atoms with E-state index in [2.05, 4.69) is 44.6 Å². The van der Waals surface area contributed by atoms with Crippen LogP contribution in [0.3, 0.4) is 0 Å². The van der Waals surface area contributed by atoms with Crippen LogP contribution in [0.15, 0.2) is 84.0 Å². The van der Waals surface area contributed by atoms with E-state index in [4.69, 9.17) is 0 Å². The lowest BCUT2D eigenvalue weighted by Crippen LogP contribution is -2.45. The summed E-state index contributed by atoms with van der Waals surface area (Å²) in [7, 11) is 0. The van der Waals surface area contributed by atoms with Crippen molar-refractivity contribution in [3.8, 4) is 0 Å². The number of benzene rings is 3. The lowest BCUT2D eigenvalue weighted by atomic mass is 10.1. The first-order valence-electron chi connectivity index (χ1n) is 10.4. The molecule has 158 valence electrons. The summed E-state index contributed by atoms with van der Waals surface area (Å²) >= 11 is 0. The quantitative estimate of drug-likeness (QED) is 0.490. The number of rotatable bonds is 6. The Bertz CT molecular complexity index is 1030. The van der Waals surface area contributed by atoms with Gasteiger partial charge in [-0.15, -0.1) is 0 Å². The Morgan fingerprint density at radius 1 is 0.903 bits per heavy atom. The molecule has 1 aliphatic rings. The maximum absolute atomic E-state index is 13.6. The Morgan fingerprint density at radius 3 is 2.29 bits per heavy atom. The summed E-state index contributed by atoms with van der Waals surface area (Å²) in [5.41, 5.74) is 5.72. The van der Waals surface area contributed by atoms with Gasteiger partial charge in [-0.2, -0.15) is 5.10 Å². The molecule has 4 rings (SSSR count). The molecular formula is C25H25FN4O. The molecule has 1 saturated heterocycles. The molecule has 3 aromatic rings. The Kier molecular flexibility index (Phi) is 6.69. The second kappa shape index (κ2) is 10.00. The number of amides is 1. The number of anilines is 1. The minimum atomic E-state index is -0.380. The van der Waals surface area contributed by atoms with Crippen LogP contribution in [0.25, 0.3) is 0 Å². The van der Waals surface area contributed by atoms with Gasteiger partial charge in [-0.1, -0.05) is 48.5 Å². The lowest BCUT2D eigenvalue weighted by molar-refractivity contribution is 0.0955. The molecule has 3 aromatic carbocycles. The maximum atomic E-state index is 13.6. The van der Waals surface area contributed by atoms with Gasteiger partial charge in [-0.3, -0.25) is 9.69 Å². The van der Waals surface area contributed by atoms with E-state index in [1.807, 2.05) is 18.2 Å². The molecule has 0 spiro atoms. The Balaban J connectivity index is 1.26. The summed E-state index contributed by atoms with van der Waals surface area (Å²) in [5, 5.41) is 3.85. The minimum Gasteiger partial charge on any atom is -0.369 e. The number of para-hydroxylation sites is 1. The van der Waals surface area contributed by atoms with Crippen molar-refractivity contribution in [1.29, 1.82) is 0 Å². The zero-order valence-corrected chi connectivity index (χ0v) is 17.2. The lowest BCUT2D eigenvalue weighted by Gasteiger charge is -2.36. The number of nitrogens with zero attached hydrogens (tertiary/aromatic N) is 3. The van der Waals surface area contributed by atoms with E-state index in [1.54, 1.807) is 30.3 Å². The number of hydrogen-bond acceptors (Lipinski definition) is 4. The van der Waals surface area contributed by atoms with E-state index in [0.717, 1.165) is 32.7 Å². The summed E-state index contributed by atoms with van der Waals surface area (Å²) in [6, 6.07) is 24.3. The molecule has 1 fully saturated rings. The van der Waals surface area contributed by atoms with Crippen LogP contribution in [0.2, 0.25) is 0 Å². The van der Waals surface area contributed by atoms with Gasteiger partial charge in [0.1, 0.15) is 5.82 Å². The average Bonchev–Trinajstić information content (AvgIpc) is 2.82. The van der Waals surface area contributed by atoms with E-state index in [1.165, 1.54) is 23.5 Å². The van der Waals surface area contributed by atoms with Gasteiger partial charge >= 0.3 is 0 Å². The molecule has 1 amide bonds. The zero-order valence-electron chi connectivity index (χ0n) is 17.2. The fourth-order valence-electron chi connectivity index (χ4n) is 3.63. The van der Waals surface area contributed by atoms with Crippen LogP contribution >= 0.6 is 0 Å². The molecule has 1 heterocycles. The van der Waals surface area contributed by atoms with Gasteiger partial charge in [0.05, 0.1) is 6.21 Å². The number of hydrogen-bond donors (Lipinski definition) is 1. The molecule has 0 aliphatic carbocycles. The third-order valence-corrected chi connectivity index (χ3v) is 5.39. The minimum absolute atomic E-state index is 0.324. The van der Waals surface area contributed by atoms with Crippen molar-refractivity contribution in [2.24, 2.45) is 5.10 Å². The van der Waals surface area contributed by atoms with Gasteiger partial charge in [-0.25, -0.2) is 9.82 Å². The van der Waals surface area contributed by atoms with Crippen molar-refractivity contribution in [3.63, 3.8) is 0 Å². The van der Waals surface area contributed by atoms with Crippen LogP contribution in [0.1, 0.15) is 21.5 Å². The van der Waals surface area contributed by atoms with Gasteiger partial charge in [0.25, 0.3) is 5.91 Å². The number of nitrogens with one attached hydrogen (secondary N) is 1. The molecule has 1 N–H and O–H groups in total. The topological polar surface area (TPSA) is 47.9 Å². The molecule has 1 aliphatic heterocycles. The molecule has 0 atom stereocenters. The van der Waals surface area contributed by atoms with E-state index < -0.39 is 0 Å². The molecule has 0 bridgehead atoms. The van der Waals surface area contributed by atoms with Crippen LogP contribution in [0.4, 0.5) is 10.1 Å². The Hall–Kier alpha value is -3.51. The predicted octanol–water partition coefficient (Wildman–Crippen LogP) is 3.91. The highest BCUT2D eigenvalue weighted by atomic mass is 19.1. The highest BCUT2D eigenvalue weighted by Gasteiger charge is 2.17. The van der Waals surface area contributed by atoms with E-state index in [-0.39, 0.29) is 11.7 Å². The second-order valence-electron chi connectivity index (χ2n) is 7.52. The normalized spacial score (nSPS) is 14.7. The summed E-state index contributed by atoms with van der Waals surface area (Å²) in [5.74, 6) is -0.704. The summed E-state index contributed by atoms with van der Waals surface area (Å²) in [4.78, 5) is 17.1. The summed E-state index contributed by atoms with van der Waals surface area (Å²) < 4.78 is 13.6. The predicted molar refractivity (Wildman–Crippen MR) is 122 cm³/mol. The van der Waals surface area contributed by atoms with Crippen molar-refractivity contribution in [3.05, 3.63) is 101 Å².